The molecule has 0 atom stereocenters. The van der Waals surface area contributed by atoms with Crippen LogP contribution in [-0.4, -0.2) is 40.8 Å². The molecule has 18 heavy (non-hydrogen) atoms. The van der Waals surface area contributed by atoms with Crippen LogP contribution in [0.1, 0.15) is 16.7 Å². The standard InChI is InChI=1S/C11H16N4O2S/c1-15(8-11-12-4-6-18-11)7-10-13-9(14-17-10)3-5-16-2/h4,6H,3,5,7-8H2,1-2H3. The van der Waals surface area contributed by atoms with Gasteiger partial charge < -0.3 is 9.26 Å². The zero-order valence-corrected chi connectivity index (χ0v) is 11.3. The Morgan fingerprint density at radius 2 is 2.33 bits per heavy atom. The Labute approximate surface area is 110 Å². The quantitative estimate of drug-likeness (QED) is 0.755. The molecule has 0 fully saturated rings. The van der Waals surface area contributed by atoms with Gasteiger partial charge in [-0.3, -0.25) is 4.90 Å². The van der Waals surface area contributed by atoms with Crippen molar-refractivity contribution in [3.05, 3.63) is 28.3 Å². The summed E-state index contributed by atoms with van der Waals surface area (Å²) in [7, 11) is 3.66. The lowest BCUT2D eigenvalue weighted by atomic mass is 10.4. The summed E-state index contributed by atoms with van der Waals surface area (Å²) in [6, 6.07) is 0. The number of nitrogens with zero attached hydrogens (tertiary/aromatic N) is 4. The van der Waals surface area contributed by atoms with E-state index in [2.05, 4.69) is 20.0 Å². The normalized spacial score (nSPS) is 11.3. The summed E-state index contributed by atoms with van der Waals surface area (Å²) in [6.45, 7) is 2.01. The van der Waals surface area contributed by atoms with Crippen LogP contribution in [-0.2, 0) is 24.2 Å². The average molecular weight is 268 g/mol. The fraction of sp³-hybridized carbons (Fsp3) is 0.545. The summed E-state index contributed by atoms with van der Waals surface area (Å²) in [6.07, 6.45) is 2.49. The van der Waals surface area contributed by atoms with Crippen molar-refractivity contribution in [2.24, 2.45) is 0 Å². The van der Waals surface area contributed by atoms with Gasteiger partial charge in [-0.25, -0.2) is 4.98 Å². The average Bonchev–Trinajstić information content (AvgIpc) is 2.98. The summed E-state index contributed by atoms with van der Waals surface area (Å²) in [5.74, 6) is 1.31. The third kappa shape index (κ3) is 3.86. The summed E-state index contributed by atoms with van der Waals surface area (Å²) < 4.78 is 10.1. The van der Waals surface area contributed by atoms with Crippen LogP contribution in [0.5, 0.6) is 0 Å². The molecule has 6 nitrogen and oxygen atoms in total. The third-order valence-electron chi connectivity index (χ3n) is 2.33. The molecule has 0 N–H and O–H groups in total. The number of aromatic nitrogens is 3. The van der Waals surface area contributed by atoms with Crippen LogP contribution in [0.15, 0.2) is 16.1 Å². The molecule has 7 heteroatoms. The highest BCUT2D eigenvalue weighted by atomic mass is 32.1. The lowest BCUT2D eigenvalue weighted by Gasteiger charge is -2.11. The van der Waals surface area contributed by atoms with Gasteiger partial charge in [-0.15, -0.1) is 11.3 Å². The highest BCUT2D eigenvalue weighted by molar-refractivity contribution is 7.09. The van der Waals surface area contributed by atoms with Crippen molar-refractivity contribution in [1.29, 1.82) is 0 Å². The zero-order chi connectivity index (χ0) is 12.8. The number of hydrogen-bond donors (Lipinski definition) is 0. The Morgan fingerprint density at radius 3 is 3.06 bits per heavy atom. The molecule has 0 radical (unpaired) electrons. The molecule has 2 heterocycles. The van der Waals surface area contributed by atoms with E-state index in [4.69, 9.17) is 9.26 Å². The first kappa shape index (κ1) is 13.1. The second-order valence-corrected chi connectivity index (χ2v) is 4.92. The first-order valence-electron chi connectivity index (χ1n) is 5.65. The maximum atomic E-state index is 5.18. The van der Waals surface area contributed by atoms with Crippen LogP contribution in [0.4, 0.5) is 0 Å². The number of ether oxygens (including phenoxy) is 1. The van der Waals surface area contributed by atoms with E-state index in [1.807, 2.05) is 18.6 Å². The molecule has 0 spiro atoms. The van der Waals surface area contributed by atoms with Crippen LogP contribution in [0.3, 0.4) is 0 Å². The highest BCUT2D eigenvalue weighted by Crippen LogP contribution is 2.09. The smallest absolute Gasteiger partial charge is 0.240 e. The van der Waals surface area contributed by atoms with Gasteiger partial charge in [-0.1, -0.05) is 5.16 Å². The molecule has 0 unspecified atom stereocenters. The Morgan fingerprint density at radius 1 is 1.44 bits per heavy atom. The van der Waals surface area contributed by atoms with Crippen molar-refractivity contribution in [3.8, 4) is 0 Å². The van der Waals surface area contributed by atoms with Gasteiger partial charge in [-0.05, 0) is 7.05 Å². The van der Waals surface area contributed by atoms with E-state index < -0.39 is 0 Å². The Balaban J connectivity index is 1.83. The predicted octanol–water partition coefficient (Wildman–Crippen LogP) is 1.35. The maximum absolute atomic E-state index is 5.18. The van der Waals surface area contributed by atoms with Crippen LogP contribution in [0.25, 0.3) is 0 Å². The van der Waals surface area contributed by atoms with Crippen molar-refractivity contribution in [2.45, 2.75) is 19.5 Å². The zero-order valence-electron chi connectivity index (χ0n) is 10.5. The van der Waals surface area contributed by atoms with Gasteiger partial charge in [0.25, 0.3) is 0 Å². The van der Waals surface area contributed by atoms with Crippen LogP contribution >= 0.6 is 11.3 Å². The van der Waals surface area contributed by atoms with Gasteiger partial charge >= 0.3 is 0 Å². The largest absolute Gasteiger partial charge is 0.384 e. The third-order valence-corrected chi connectivity index (χ3v) is 3.10. The van der Waals surface area contributed by atoms with E-state index >= 15 is 0 Å². The first-order valence-corrected chi connectivity index (χ1v) is 6.53. The van der Waals surface area contributed by atoms with Gasteiger partial charge in [0.1, 0.15) is 5.01 Å². The van der Waals surface area contributed by atoms with Crippen LogP contribution in [0, 0.1) is 0 Å². The molecule has 0 saturated carbocycles. The summed E-state index contributed by atoms with van der Waals surface area (Å²) in [5, 5.41) is 6.95. The predicted molar refractivity (Wildman–Crippen MR) is 67.2 cm³/mol. The number of hydrogen-bond acceptors (Lipinski definition) is 7. The first-order chi connectivity index (χ1) is 8.78. The molecule has 2 aromatic heterocycles. The van der Waals surface area contributed by atoms with Crippen molar-refractivity contribution in [2.75, 3.05) is 20.8 Å². The number of methoxy groups -OCH3 is 1. The van der Waals surface area contributed by atoms with Gasteiger partial charge in [0.15, 0.2) is 5.82 Å². The number of thiazole rings is 1. The fourth-order valence-corrected chi connectivity index (χ4v) is 2.19. The topological polar surface area (TPSA) is 64.3 Å². The molecule has 0 saturated heterocycles. The van der Waals surface area contributed by atoms with E-state index in [1.165, 1.54) is 0 Å². The minimum atomic E-state index is 0.605. The van der Waals surface area contributed by atoms with E-state index in [0.717, 1.165) is 11.6 Å². The molecule has 0 aromatic carbocycles. The van der Waals surface area contributed by atoms with E-state index in [-0.39, 0.29) is 0 Å². The van der Waals surface area contributed by atoms with Crippen molar-refractivity contribution in [3.63, 3.8) is 0 Å². The van der Waals surface area contributed by atoms with Gasteiger partial charge in [0.2, 0.25) is 5.89 Å². The molecule has 0 amide bonds. The molecule has 0 aliphatic heterocycles. The van der Waals surface area contributed by atoms with Crippen molar-refractivity contribution < 1.29 is 9.26 Å². The molecule has 2 aromatic rings. The van der Waals surface area contributed by atoms with Gasteiger partial charge in [0.05, 0.1) is 19.7 Å². The lowest BCUT2D eigenvalue weighted by molar-refractivity contribution is 0.199. The molecular formula is C11H16N4O2S. The van der Waals surface area contributed by atoms with E-state index in [9.17, 15) is 0 Å². The highest BCUT2D eigenvalue weighted by Gasteiger charge is 2.10. The van der Waals surface area contributed by atoms with Crippen LogP contribution < -0.4 is 0 Å². The SMILES string of the molecule is COCCc1noc(CN(C)Cc2nccs2)n1. The fourth-order valence-electron chi connectivity index (χ4n) is 1.50. The maximum Gasteiger partial charge on any atom is 0.240 e. The van der Waals surface area contributed by atoms with Gasteiger partial charge in [-0.2, -0.15) is 4.98 Å². The van der Waals surface area contributed by atoms with Crippen molar-refractivity contribution in [1.82, 2.24) is 20.0 Å². The summed E-state index contributed by atoms with van der Waals surface area (Å²) in [5.41, 5.74) is 0. The Kier molecular flexibility index (Phi) is 4.80. The van der Waals surface area contributed by atoms with E-state index in [0.29, 0.717) is 31.3 Å². The van der Waals surface area contributed by atoms with Crippen LogP contribution in [0.2, 0.25) is 0 Å². The monoisotopic (exact) mass is 268 g/mol. The molecule has 98 valence electrons. The number of rotatable bonds is 7. The minimum Gasteiger partial charge on any atom is -0.384 e. The minimum absolute atomic E-state index is 0.605. The second kappa shape index (κ2) is 6.58. The summed E-state index contributed by atoms with van der Waals surface area (Å²) in [4.78, 5) is 10.6. The molecule has 0 bridgehead atoms. The Hall–Kier alpha value is -1.31. The summed E-state index contributed by atoms with van der Waals surface area (Å²) >= 11 is 1.64. The van der Waals surface area contributed by atoms with Crippen molar-refractivity contribution >= 4 is 11.3 Å². The second-order valence-electron chi connectivity index (χ2n) is 3.95. The molecular weight excluding hydrogens is 252 g/mol. The molecule has 0 aliphatic rings. The molecule has 0 aliphatic carbocycles. The van der Waals surface area contributed by atoms with Gasteiger partial charge in [0, 0.05) is 25.1 Å². The molecule has 2 rings (SSSR count). The Bertz CT molecular complexity index is 457. The van der Waals surface area contributed by atoms with E-state index in [1.54, 1.807) is 18.4 Å². The lowest BCUT2D eigenvalue weighted by Crippen LogP contribution is -2.17.